The topological polar surface area (TPSA) is 26.3 Å². The molecule has 3 rings (SSSR count). The summed E-state index contributed by atoms with van der Waals surface area (Å²) in [6, 6.07) is 0. The molecule has 4 atom stereocenters. The Morgan fingerprint density at radius 1 is 1.39 bits per heavy atom. The molecule has 0 aromatic carbocycles. The summed E-state index contributed by atoms with van der Waals surface area (Å²) >= 11 is 0. The van der Waals surface area contributed by atoms with Crippen LogP contribution in [0.3, 0.4) is 0 Å². The molecule has 0 amide bonds. The number of hydrogen-bond donors (Lipinski definition) is 0. The van der Waals surface area contributed by atoms with E-state index >= 15 is 0 Å². The second-order valence-electron chi connectivity index (χ2n) is 6.73. The van der Waals surface area contributed by atoms with Gasteiger partial charge < -0.3 is 4.74 Å². The summed E-state index contributed by atoms with van der Waals surface area (Å²) < 4.78 is 5.50. The van der Waals surface area contributed by atoms with Crippen LogP contribution in [0.15, 0.2) is 11.6 Å². The number of carbonyl (C=O) groups excluding carboxylic acids is 1. The Bertz CT molecular complexity index is 411. The average Bonchev–Trinajstić information content (AvgIpc) is 2.77. The molecule has 1 unspecified atom stereocenters. The predicted molar refractivity (Wildman–Crippen MR) is 71.0 cm³/mol. The summed E-state index contributed by atoms with van der Waals surface area (Å²) in [5, 5.41) is 0. The van der Waals surface area contributed by atoms with Crippen molar-refractivity contribution in [1.29, 1.82) is 0 Å². The minimum absolute atomic E-state index is 0.0225. The molecule has 0 aromatic heterocycles. The highest BCUT2D eigenvalue weighted by Gasteiger charge is 2.63. The average molecular weight is 248 g/mol. The van der Waals surface area contributed by atoms with Crippen molar-refractivity contribution < 1.29 is 9.53 Å². The molecule has 0 spiro atoms. The zero-order valence-corrected chi connectivity index (χ0v) is 11.8. The van der Waals surface area contributed by atoms with Gasteiger partial charge in [0.05, 0.1) is 0 Å². The Morgan fingerprint density at radius 2 is 2.17 bits per heavy atom. The fraction of sp³-hybridized carbons (Fsp3) is 0.812. The molecular formula is C16H24O2. The van der Waals surface area contributed by atoms with E-state index in [9.17, 15) is 4.79 Å². The molecule has 0 saturated heterocycles. The maximum Gasteiger partial charge on any atom is 0.303 e. The molecular weight excluding hydrogens is 224 g/mol. The Balaban J connectivity index is 1.99. The first-order valence-electron chi connectivity index (χ1n) is 7.36. The second kappa shape index (κ2) is 3.85. The molecule has 0 radical (unpaired) electrons. The van der Waals surface area contributed by atoms with Gasteiger partial charge in [-0.1, -0.05) is 18.9 Å². The maximum atomic E-state index is 11.2. The first-order chi connectivity index (χ1) is 8.50. The zero-order valence-electron chi connectivity index (χ0n) is 11.8. The molecule has 0 bridgehead atoms. The molecule has 2 fully saturated rings. The summed E-state index contributed by atoms with van der Waals surface area (Å²) in [6.07, 6.45) is 10.1. The summed E-state index contributed by atoms with van der Waals surface area (Å²) in [5.74, 6) is 0.637. The summed E-state index contributed by atoms with van der Waals surface area (Å²) in [4.78, 5) is 11.2. The highest BCUT2D eigenvalue weighted by molar-refractivity contribution is 5.66. The Kier molecular flexibility index (Phi) is 2.62. The van der Waals surface area contributed by atoms with Crippen LogP contribution in [0.4, 0.5) is 0 Å². The molecule has 0 N–H and O–H groups in total. The van der Waals surface area contributed by atoms with Crippen molar-refractivity contribution in [1.82, 2.24) is 0 Å². The second-order valence-corrected chi connectivity index (χ2v) is 6.73. The van der Waals surface area contributed by atoms with Crippen LogP contribution in [-0.2, 0) is 9.53 Å². The molecule has 3 aliphatic rings. The smallest absolute Gasteiger partial charge is 0.303 e. The van der Waals surface area contributed by atoms with E-state index in [1.54, 1.807) is 0 Å². The van der Waals surface area contributed by atoms with Crippen molar-refractivity contribution in [2.75, 3.05) is 0 Å². The molecule has 0 heterocycles. The largest absolute Gasteiger partial charge is 0.458 e. The lowest BCUT2D eigenvalue weighted by Gasteiger charge is -2.49. The van der Waals surface area contributed by atoms with Crippen LogP contribution < -0.4 is 0 Å². The van der Waals surface area contributed by atoms with Crippen LogP contribution in [0.2, 0.25) is 0 Å². The number of rotatable bonds is 1. The van der Waals surface area contributed by atoms with Gasteiger partial charge in [-0.05, 0) is 61.9 Å². The van der Waals surface area contributed by atoms with Gasteiger partial charge >= 0.3 is 5.97 Å². The minimum atomic E-state index is -0.142. The van der Waals surface area contributed by atoms with Gasteiger partial charge in [-0.2, -0.15) is 0 Å². The molecule has 2 nitrogen and oxygen atoms in total. The van der Waals surface area contributed by atoms with Crippen molar-refractivity contribution >= 4 is 5.97 Å². The van der Waals surface area contributed by atoms with E-state index in [-0.39, 0.29) is 12.1 Å². The maximum absolute atomic E-state index is 11.2. The van der Waals surface area contributed by atoms with Crippen LogP contribution in [0.1, 0.15) is 59.3 Å². The SMILES string of the molecule is CC(=O)O[C@@H]1C=C(C)[C@@]23CCC[C@@]2(C1)C(C)CC3. The van der Waals surface area contributed by atoms with Gasteiger partial charge in [0.15, 0.2) is 0 Å². The molecule has 0 aromatic rings. The Hall–Kier alpha value is -0.790. The van der Waals surface area contributed by atoms with Crippen molar-refractivity contribution in [2.24, 2.45) is 16.7 Å². The highest BCUT2D eigenvalue weighted by atomic mass is 16.5. The van der Waals surface area contributed by atoms with E-state index in [0.29, 0.717) is 10.8 Å². The lowest BCUT2D eigenvalue weighted by molar-refractivity contribution is -0.147. The van der Waals surface area contributed by atoms with Gasteiger partial charge in [0.2, 0.25) is 0 Å². The van der Waals surface area contributed by atoms with E-state index in [4.69, 9.17) is 4.74 Å². The quantitative estimate of drug-likeness (QED) is 0.520. The fourth-order valence-corrected chi connectivity index (χ4v) is 5.46. The van der Waals surface area contributed by atoms with E-state index in [0.717, 1.165) is 12.3 Å². The number of carbonyl (C=O) groups is 1. The fourth-order valence-electron chi connectivity index (χ4n) is 5.46. The first-order valence-corrected chi connectivity index (χ1v) is 7.36. The summed E-state index contributed by atoms with van der Waals surface area (Å²) in [7, 11) is 0. The summed E-state index contributed by atoms with van der Waals surface area (Å²) in [6.45, 7) is 6.21. The minimum Gasteiger partial charge on any atom is -0.458 e. The summed E-state index contributed by atoms with van der Waals surface area (Å²) in [5.41, 5.74) is 2.37. The zero-order chi connectivity index (χ0) is 13.0. The Labute approximate surface area is 110 Å². The van der Waals surface area contributed by atoms with Crippen LogP contribution in [0, 0.1) is 16.7 Å². The molecule has 3 aliphatic carbocycles. The van der Waals surface area contributed by atoms with Crippen LogP contribution >= 0.6 is 0 Å². The normalized spacial score (nSPS) is 46.3. The van der Waals surface area contributed by atoms with Crippen LogP contribution in [0.5, 0.6) is 0 Å². The van der Waals surface area contributed by atoms with E-state index in [1.165, 1.54) is 44.6 Å². The van der Waals surface area contributed by atoms with Crippen molar-refractivity contribution in [2.45, 2.75) is 65.4 Å². The van der Waals surface area contributed by atoms with Crippen molar-refractivity contribution in [3.8, 4) is 0 Å². The Morgan fingerprint density at radius 3 is 2.89 bits per heavy atom. The lowest BCUT2D eigenvalue weighted by atomic mass is 9.56. The monoisotopic (exact) mass is 248 g/mol. The van der Waals surface area contributed by atoms with Gasteiger partial charge in [0.25, 0.3) is 0 Å². The van der Waals surface area contributed by atoms with Crippen molar-refractivity contribution in [3.63, 3.8) is 0 Å². The van der Waals surface area contributed by atoms with Gasteiger partial charge in [0.1, 0.15) is 6.10 Å². The van der Waals surface area contributed by atoms with Gasteiger partial charge in [0, 0.05) is 6.92 Å². The molecule has 2 saturated carbocycles. The standard InChI is InChI=1S/C16H24O2/c1-11-5-8-15-6-4-7-16(11,15)10-14(9-12(15)2)18-13(3)17/h9,11,14H,4-8,10H2,1-3H3/t11?,14-,15+,16-/m1/s1. The lowest BCUT2D eigenvalue weighted by Crippen LogP contribution is -2.44. The predicted octanol–water partition coefficient (Wildman–Crippen LogP) is 3.85. The van der Waals surface area contributed by atoms with Gasteiger partial charge in [-0.3, -0.25) is 4.79 Å². The third-order valence-electron chi connectivity index (χ3n) is 6.20. The van der Waals surface area contributed by atoms with E-state index in [2.05, 4.69) is 19.9 Å². The highest BCUT2D eigenvalue weighted by Crippen LogP contribution is 2.71. The number of hydrogen-bond acceptors (Lipinski definition) is 2. The van der Waals surface area contributed by atoms with Crippen LogP contribution in [-0.4, -0.2) is 12.1 Å². The van der Waals surface area contributed by atoms with Crippen LogP contribution in [0.25, 0.3) is 0 Å². The number of allylic oxidation sites excluding steroid dienone is 1. The molecule has 2 heteroatoms. The third kappa shape index (κ3) is 1.38. The number of ether oxygens (including phenoxy) is 1. The molecule has 18 heavy (non-hydrogen) atoms. The van der Waals surface area contributed by atoms with E-state index < -0.39 is 0 Å². The van der Waals surface area contributed by atoms with Gasteiger partial charge in [-0.25, -0.2) is 0 Å². The van der Waals surface area contributed by atoms with Crippen molar-refractivity contribution in [3.05, 3.63) is 11.6 Å². The first kappa shape index (κ1) is 12.3. The van der Waals surface area contributed by atoms with E-state index in [1.807, 2.05) is 0 Å². The number of esters is 1. The van der Waals surface area contributed by atoms with Gasteiger partial charge in [-0.15, -0.1) is 0 Å². The molecule has 0 aliphatic heterocycles. The molecule has 100 valence electrons. The third-order valence-corrected chi connectivity index (χ3v) is 6.20.